The molecule has 0 aliphatic heterocycles. The lowest BCUT2D eigenvalue weighted by atomic mass is 9.45. The lowest BCUT2D eigenvalue weighted by Gasteiger charge is -2.36. The van der Waals surface area contributed by atoms with Crippen molar-refractivity contribution < 1.29 is 0 Å². The molecule has 0 aliphatic rings. The number of anilines is 4. The van der Waals surface area contributed by atoms with Gasteiger partial charge in [0.1, 0.15) is 0 Å². The third-order valence-corrected chi connectivity index (χ3v) is 7.57. The third-order valence-electron chi connectivity index (χ3n) is 7.57. The van der Waals surface area contributed by atoms with Crippen LogP contribution >= 0.6 is 0 Å². The van der Waals surface area contributed by atoms with E-state index in [2.05, 4.69) is 157 Å². The number of benzene rings is 4. The van der Waals surface area contributed by atoms with E-state index in [0.717, 1.165) is 0 Å². The minimum atomic E-state index is 0.0200. The van der Waals surface area contributed by atoms with Gasteiger partial charge in [0, 0.05) is 50.9 Å². The Bertz CT molecular complexity index is 1260. The fraction of sp³-hybridized carbons (Fsp3) is 0.294. The molecule has 0 bridgehead atoms. The number of hydrogen-bond donors (Lipinski definition) is 0. The molecule has 0 radical (unpaired) electrons. The Balaban J connectivity index is 2.07. The van der Waals surface area contributed by atoms with E-state index in [1.165, 1.54) is 67.1 Å². The maximum absolute atomic E-state index is 2.54. The fourth-order valence-corrected chi connectivity index (χ4v) is 5.92. The maximum Gasteiger partial charge on any atom is 0.329 e. The summed E-state index contributed by atoms with van der Waals surface area (Å²) in [6.07, 6.45) is 0. The van der Waals surface area contributed by atoms with Crippen LogP contribution in [0, 0.1) is 41.5 Å². The van der Waals surface area contributed by atoms with Crippen LogP contribution in [0.15, 0.2) is 72.8 Å². The highest BCUT2D eigenvalue weighted by Crippen LogP contribution is 2.31. The summed E-state index contributed by atoms with van der Waals surface area (Å²) in [5.74, 6) is 0. The first kappa shape index (κ1) is 27.4. The molecule has 0 saturated carbocycles. The molecule has 4 aromatic carbocycles. The SMILES string of the molecule is Cc1cc(C)c(B(c2c(C)cc(C)cc2C)N(c2ccc(N(C)C)cc2)c2ccc(N(C)C)cc2)c(C)c1. The zero-order valence-corrected chi connectivity index (χ0v) is 24.8. The van der Waals surface area contributed by atoms with E-state index >= 15 is 0 Å². The van der Waals surface area contributed by atoms with E-state index in [0.29, 0.717) is 0 Å². The van der Waals surface area contributed by atoms with Crippen LogP contribution in [0.1, 0.15) is 33.4 Å². The first-order valence-electron chi connectivity index (χ1n) is 13.5. The number of aryl methyl sites for hydroxylation is 6. The molecule has 196 valence electrons. The largest absolute Gasteiger partial charge is 0.378 e. The molecule has 0 aliphatic carbocycles. The van der Waals surface area contributed by atoms with E-state index < -0.39 is 0 Å². The number of hydrogen-bond acceptors (Lipinski definition) is 3. The van der Waals surface area contributed by atoms with Crippen LogP contribution in [0.25, 0.3) is 0 Å². The Labute approximate surface area is 230 Å². The van der Waals surface area contributed by atoms with Crippen LogP contribution < -0.4 is 25.5 Å². The molecule has 0 saturated heterocycles. The van der Waals surface area contributed by atoms with Crippen LogP contribution in [0.3, 0.4) is 0 Å². The minimum absolute atomic E-state index is 0.0200. The van der Waals surface area contributed by atoms with Gasteiger partial charge in [0.25, 0.3) is 0 Å². The number of rotatable bonds is 7. The first-order chi connectivity index (χ1) is 18.0. The second-order valence-corrected chi connectivity index (χ2v) is 11.2. The molecular weight excluding hydrogens is 461 g/mol. The van der Waals surface area contributed by atoms with Crippen LogP contribution in [0.4, 0.5) is 22.7 Å². The topological polar surface area (TPSA) is 9.72 Å². The highest BCUT2D eigenvalue weighted by Gasteiger charge is 2.34. The summed E-state index contributed by atoms with van der Waals surface area (Å²) >= 11 is 0. The van der Waals surface area contributed by atoms with Gasteiger partial charge >= 0.3 is 6.85 Å². The molecule has 38 heavy (non-hydrogen) atoms. The summed E-state index contributed by atoms with van der Waals surface area (Å²) in [5, 5.41) is 0. The van der Waals surface area contributed by atoms with Crippen molar-refractivity contribution in [3.05, 3.63) is 106 Å². The van der Waals surface area contributed by atoms with Gasteiger partial charge in [0.05, 0.1) is 0 Å². The zero-order valence-electron chi connectivity index (χ0n) is 24.8. The predicted octanol–water partition coefficient (Wildman–Crippen LogP) is 6.61. The normalized spacial score (nSPS) is 10.9. The highest BCUT2D eigenvalue weighted by molar-refractivity contribution is 6.90. The molecule has 3 nitrogen and oxygen atoms in total. The standard InChI is InChI=1S/C34H42BN3/c1-23-19-25(3)33(26(4)20-23)35(34-27(5)21-24(2)22-28(34)6)38(31-15-11-29(12-16-31)36(7)8)32-17-13-30(14-18-32)37(9)10/h11-22H,1-10H3. The van der Waals surface area contributed by atoms with Gasteiger partial charge in [-0.15, -0.1) is 0 Å². The third kappa shape index (κ3) is 5.45. The van der Waals surface area contributed by atoms with Gasteiger partial charge in [-0.2, -0.15) is 0 Å². The lowest BCUT2D eigenvalue weighted by Crippen LogP contribution is -2.58. The van der Waals surface area contributed by atoms with Crippen LogP contribution in [-0.2, 0) is 0 Å². The van der Waals surface area contributed by atoms with Crippen LogP contribution in [-0.4, -0.2) is 35.0 Å². The van der Waals surface area contributed by atoms with Crippen molar-refractivity contribution in [1.82, 2.24) is 0 Å². The molecule has 0 aromatic heterocycles. The van der Waals surface area contributed by atoms with Crippen molar-refractivity contribution in [2.24, 2.45) is 0 Å². The van der Waals surface area contributed by atoms with E-state index in [-0.39, 0.29) is 6.85 Å². The number of nitrogens with zero attached hydrogens (tertiary/aromatic N) is 3. The second kappa shape index (κ2) is 11.0. The first-order valence-corrected chi connectivity index (χ1v) is 13.5. The molecule has 0 heterocycles. The second-order valence-electron chi connectivity index (χ2n) is 11.2. The van der Waals surface area contributed by atoms with Gasteiger partial charge in [-0.3, -0.25) is 0 Å². The van der Waals surface area contributed by atoms with Crippen molar-refractivity contribution in [3.63, 3.8) is 0 Å². The van der Waals surface area contributed by atoms with E-state index in [4.69, 9.17) is 0 Å². The monoisotopic (exact) mass is 503 g/mol. The molecule has 0 atom stereocenters. The van der Waals surface area contributed by atoms with Gasteiger partial charge in [0.15, 0.2) is 0 Å². The molecule has 4 rings (SSSR count). The lowest BCUT2D eigenvalue weighted by molar-refractivity contribution is 1.13. The fourth-order valence-electron chi connectivity index (χ4n) is 5.92. The maximum atomic E-state index is 2.54. The van der Waals surface area contributed by atoms with Gasteiger partial charge in [-0.1, -0.05) is 57.6 Å². The highest BCUT2D eigenvalue weighted by atomic mass is 15.1. The van der Waals surface area contributed by atoms with Crippen molar-refractivity contribution in [1.29, 1.82) is 0 Å². The predicted molar refractivity (Wildman–Crippen MR) is 170 cm³/mol. The molecule has 0 fully saturated rings. The summed E-state index contributed by atoms with van der Waals surface area (Å²) in [5.41, 5.74) is 15.4. The van der Waals surface area contributed by atoms with Gasteiger partial charge in [0.2, 0.25) is 0 Å². The Kier molecular flexibility index (Phi) is 7.92. The Morgan fingerprint density at radius 2 is 0.684 bits per heavy atom. The summed E-state index contributed by atoms with van der Waals surface area (Å²) in [6, 6.07) is 27.3. The van der Waals surface area contributed by atoms with Crippen molar-refractivity contribution in [2.45, 2.75) is 41.5 Å². The summed E-state index contributed by atoms with van der Waals surface area (Å²) in [6.45, 7) is 13.5. The molecule has 4 aromatic rings. The Morgan fingerprint density at radius 3 is 0.947 bits per heavy atom. The Morgan fingerprint density at radius 1 is 0.421 bits per heavy atom. The molecule has 4 heteroatoms. The smallest absolute Gasteiger partial charge is 0.329 e. The Hall–Kier alpha value is -3.66. The molecule has 0 N–H and O–H groups in total. The quantitative estimate of drug-likeness (QED) is 0.263. The van der Waals surface area contributed by atoms with Gasteiger partial charge in [-0.25, -0.2) is 0 Å². The minimum Gasteiger partial charge on any atom is -0.378 e. The van der Waals surface area contributed by atoms with Crippen molar-refractivity contribution >= 4 is 40.5 Å². The summed E-state index contributed by atoms with van der Waals surface area (Å²) < 4.78 is 0. The summed E-state index contributed by atoms with van der Waals surface area (Å²) in [4.78, 5) is 6.84. The van der Waals surface area contributed by atoms with E-state index in [9.17, 15) is 0 Å². The average Bonchev–Trinajstić information content (AvgIpc) is 2.83. The van der Waals surface area contributed by atoms with E-state index in [1.54, 1.807) is 0 Å². The van der Waals surface area contributed by atoms with Crippen molar-refractivity contribution in [3.8, 4) is 0 Å². The van der Waals surface area contributed by atoms with E-state index in [1.807, 2.05) is 0 Å². The average molecular weight is 504 g/mol. The zero-order chi connectivity index (χ0) is 27.7. The molecular formula is C34H42BN3. The molecule has 0 spiro atoms. The summed E-state index contributed by atoms with van der Waals surface area (Å²) in [7, 11) is 8.36. The van der Waals surface area contributed by atoms with Crippen LogP contribution in [0.2, 0.25) is 0 Å². The van der Waals surface area contributed by atoms with Crippen molar-refractivity contribution in [2.75, 3.05) is 42.8 Å². The van der Waals surface area contributed by atoms with Crippen LogP contribution in [0.5, 0.6) is 0 Å². The van der Waals surface area contributed by atoms with Gasteiger partial charge < -0.3 is 14.6 Å². The molecule has 0 unspecified atom stereocenters. The molecule has 0 amide bonds. The van der Waals surface area contributed by atoms with Gasteiger partial charge in [-0.05, 0) is 101 Å².